The summed E-state index contributed by atoms with van der Waals surface area (Å²) in [7, 11) is 0. The fraction of sp³-hybridized carbons (Fsp3) is 0.286. The first-order valence-electron chi connectivity index (χ1n) is 9.29. The van der Waals surface area contributed by atoms with E-state index in [4.69, 9.17) is 11.6 Å². The number of nitrogens with one attached hydrogen (secondary N) is 1. The zero-order valence-electron chi connectivity index (χ0n) is 16.9. The van der Waals surface area contributed by atoms with Crippen molar-refractivity contribution in [3.63, 3.8) is 0 Å². The minimum atomic E-state index is -0.905. The highest BCUT2D eigenvalue weighted by atomic mass is 35.5. The normalized spacial score (nSPS) is 12.3. The molecule has 1 aromatic carbocycles. The van der Waals surface area contributed by atoms with Crippen molar-refractivity contribution < 1.29 is 9.59 Å². The van der Waals surface area contributed by atoms with Gasteiger partial charge in [0.25, 0.3) is 5.91 Å². The third-order valence-electron chi connectivity index (χ3n) is 4.22. The number of halogens is 1. The smallest absolute Gasteiger partial charge is 0.276 e. The van der Waals surface area contributed by atoms with Crippen LogP contribution in [0.2, 0.25) is 5.02 Å². The molecule has 1 N–H and O–H groups in total. The molecular formula is C21H22ClN5O2S. The Hall–Kier alpha value is -2.84. The lowest BCUT2D eigenvalue weighted by atomic mass is 10.0. The van der Waals surface area contributed by atoms with Gasteiger partial charge in [-0.25, -0.2) is 0 Å². The van der Waals surface area contributed by atoms with E-state index in [9.17, 15) is 9.59 Å². The van der Waals surface area contributed by atoms with Gasteiger partial charge in [-0.15, -0.1) is 5.10 Å². The Morgan fingerprint density at radius 3 is 2.47 bits per heavy atom. The molecule has 2 heterocycles. The standard InChI is InChI=1S/C21H22ClN5O2S/c1-21(2,3)24-19(28)18(14-8-10-23-11-9-14)27(20(29)17-13-30-26-25-17)12-15-6-4-5-7-16(15)22/h4-11,13,18H,12H2,1-3H3,(H,24,28). The first kappa shape index (κ1) is 21.9. The molecular weight excluding hydrogens is 422 g/mol. The van der Waals surface area contributed by atoms with E-state index in [0.717, 1.165) is 17.1 Å². The van der Waals surface area contributed by atoms with Crippen molar-refractivity contribution in [3.05, 3.63) is 76.0 Å². The molecule has 0 saturated carbocycles. The van der Waals surface area contributed by atoms with Crippen molar-refractivity contribution in [3.8, 4) is 0 Å². The van der Waals surface area contributed by atoms with Gasteiger partial charge in [0.15, 0.2) is 5.69 Å². The van der Waals surface area contributed by atoms with Gasteiger partial charge in [-0.2, -0.15) is 0 Å². The third-order valence-corrected chi connectivity index (χ3v) is 5.09. The molecule has 0 spiro atoms. The maximum atomic E-state index is 13.4. The van der Waals surface area contributed by atoms with Crippen molar-refractivity contribution >= 4 is 34.9 Å². The maximum Gasteiger partial charge on any atom is 0.276 e. The van der Waals surface area contributed by atoms with Gasteiger partial charge in [0.05, 0.1) is 0 Å². The Labute approximate surface area is 184 Å². The molecule has 2 amide bonds. The summed E-state index contributed by atoms with van der Waals surface area (Å²) < 4.78 is 3.79. The number of hydrogen-bond acceptors (Lipinski definition) is 6. The van der Waals surface area contributed by atoms with Crippen LogP contribution in [0.5, 0.6) is 0 Å². The van der Waals surface area contributed by atoms with Crippen LogP contribution < -0.4 is 5.32 Å². The van der Waals surface area contributed by atoms with Gasteiger partial charge in [-0.1, -0.05) is 34.3 Å². The van der Waals surface area contributed by atoms with Crippen LogP contribution in [-0.2, 0) is 11.3 Å². The van der Waals surface area contributed by atoms with Crippen LogP contribution in [0.15, 0.2) is 54.2 Å². The van der Waals surface area contributed by atoms with E-state index in [1.165, 1.54) is 4.90 Å². The minimum absolute atomic E-state index is 0.126. The summed E-state index contributed by atoms with van der Waals surface area (Å²) in [4.78, 5) is 32.3. The second-order valence-electron chi connectivity index (χ2n) is 7.74. The van der Waals surface area contributed by atoms with Crippen molar-refractivity contribution in [2.75, 3.05) is 0 Å². The molecule has 3 rings (SSSR count). The molecule has 2 aromatic heterocycles. The zero-order chi connectivity index (χ0) is 21.7. The highest BCUT2D eigenvalue weighted by Gasteiger charge is 2.35. The van der Waals surface area contributed by atoms with E-state index in [1.54, 1.807) is 36.0 Å². The van der Waals surface area contributed by atoms with E-state index in [2.05, 4.69) is 19.9 Å². The Kier molecular flexibility index (Phi) is 6.79. The van der Waals surface area contributed by atoms with Crippen LogP contribution >= 0.6 is 23.1 Å². The fourth-order valence-corrected chi connectivity index (χ4v) is 3.58. The number of benzene rings is 1. The molecule has 1 atom stereocenters. The lowest BCUT2D eigenvalue weighted by molar-refractivity contribution is -0.127. The summed E-state index contributed by atoms with van der Waals surface area (Å²) in [5, 5.41) is 8.96. The maximum absolute atomic E-state index is 13.4. The second-order valence-corrected chi connectivity index (χ2v) is 8.75. The average molecular weight is 444 g/mol. The zero-order valence-corrected chi connectivity index (χ0v) is 18.4. The van der Waals surface area contributed by atoms with Crippen LogP contribution in [0.4, 0.5) is 0 Å². The molecule has 0 aliphatic rings. The van der Waals surface area contributed by atoms with Crippen LogP contribution in [0.1, 0.15) is 48.4 Å². The van der Waals surface area contributed by atoms with E-state index in [1.807, 2.05) is 39.0 Å². The van der Waals surface area contributed by atoms with Crippen LogP contribution in [0, 0.1) is 0 Å². The number of pyridine rings is 1. The SMILES string of the molecule is CC(C)(C)NC(=O)C(c1ccncc1)N(Cc1ccccc1Cl)C(=O)c1csnn1. The summed E-state index contributed by atoms with van der Waals surface area (Å²) >= 11 is 7.44. The molecule has 156 valence electrons. The predicted molar refractivity (Wildman–Crippen MR) is 116 cm³/mol. The van der Waals surface area contributed by atoms with E-state index in [0.29, 0.717) is 10.6 Å². The average Bonchev–Trinajstić information content (AvgIpc) is 3.23. The number of amides is 2. The lowest BCUT2D eigenvalue weighted by Gasteiger charge is -2.33. The molecule has 30 heavy (non-hydrogen) atoms. The number of carbonyl (C=O) groups is 2. The molecule has 0 bridgehead atoms. The second kappa shape index (κ2) is 9.32. The summed E-state index contributed by atoms with van der Waals surface area (Å²) in [6, 6.07) is 9.77. The summed E-state index contributed by atoms with van der Waals surface area (Å²) in [5.41, 5.74) is 1.05. The Balaban J connectivity index is 2.09. The van der Waals surface area contributed by atoms with Gasteiger partial charge in [0.2, 0.25) is 5.91 Å². The van der Waals surface area contributed by atoms with E-state index < -0.39 is 17.5 Å². The fourth-order valence-electron chi connectivity index (χ4n) is 2.95. The van der Waals surface area contributed by atoms with Gasteiger partial charge < -0.3 is 10.2 Å². The Morgan fingerprint density at radius 1 is 1.17 bits per heavy atom. The summed E-state index contributed by atoms with van der Waals surface area (Å²) in [5.74, 6) is -0.716. The molecule has 7 nitrogen and oxygen atoms in total. The molecule has 0 radical (unpaired) electrons. The molecule has 0 aliphatic carbocycles. The van der Waals surface area contributed by atoms with Crippen molar-refractivity contribution in [1.82, 2.24) is 24.8 Å². The van der Waals surface area contributed by atoms with Gasteiger partial charge in [0, 0.05) is 34.9 Å². The Bertz CT molecular complexity index is 1010. The number of hydrogen-bond donors (Lipinski definition) is 1. The minimum Gasteiger partial charge on any atom is -0.349 e. The van der Waals surface area contributed by atoms with E-state index in [-0.39, 0.29) is 18.1 Å². The van der Waals surface area contributed by atoms with Crippen LogP contribution in [-0.4, -0.2) is 36.8 Å². The van der Waals surface area contributed by atoms with Crippen LogP contribution in [0.3, 0.4) is 0 Å². The quantitative estimate of drug-likeness (QED) is 0.624. The third kappa shape index (κ3) is 5.40. The molecule has 0 saturated heterocycles. The topological polar surface area (TPSA) is 88.1 Å². The van der Waals surface area contributed by atoms with Crippen molar-refractivity contribution in [2.45, 2.75) is 38.9 Å². The van der Waals surface area contributed by atoms with E-state index >= 15 is 0 Å². The molecule has 1 unspecified atom stereocenters. The van der Waals surface area contributed by atoms with Gasteiger partial charge in [0.1, 0.15) is 6.04 Å². The van der Waals surface area contributed by atoms with Gasteiger partial charge >= 0.3 is 0 Å². The number of rotatable bonds is 6. The highest BCUT2D eigenvalue weighted by molar-refractivity contribution is 7.03. The molecule has 3 aromatic rings. The number of carbonyl (C=O) groups excluding carboxylic acids is 2. The highest BCUT2D eigenvalue weighted by Crippen LogP contribution is 2.28. The lowest BCUT2D eigenvalue weighted by Crippen LogP contribution is -2.49. The van der Waals surface area contributed by atoms with Gasteiger partial charge in [-0.3, -0.25) is 14.6 Å². The van der Waals surface area contributed by atoms with Crippen LogP contribution in [0.25, 0.3) is 0 Å². The first-order chi connectivity index (χ1) is 14.3. The molecule has 9 heteroatoms. The number of aromatic nitrogens is 3. The first-order valence-corrected chi connectivity index (χ1v) is 10.5. The van der Waals surface area contributed by atoms with Crippen molar-refractivity contribution in [2.24, 2.45) is 0 Å². The summed E-state index contributed by atoms with van der Waals surface area (Å²) in [6.45, 7) is 5.79. The van der Waals surface area contributed by atoms with Gasteiger partial charge in [-0.05, 0) is 61.6 Å². The summed E-state index contributed by atoms with van der Waals surface area (Å²) in [6.07, 6.45) is 3.19. The van der Waals surface area contributed by atoms with Crippen molar-refractivity contribution in [1.29, 1.82) is 0 Å². The Morgan fingerprint density at radius 2 is 1.87 bits per heavy atom. The monoisotopic (exact) mass is 443 g/mol. The largest absolute Gasteiger partial charge is 0.349 e. The number of nitrogens with zero attached hydrogens (tertiary/aromatic N) is 4. The molecule has 0 aliphatic heterocycles. The predicted octanol–water partition coefficient (Wildman–Crippen LogP) is 3.88. The molecule has 0 fully saturated rings.